The first-order chi connectivity index (χ1) is 11.7. The molecule has 134 valence electrons. The van der Waals surface area contributed by atoms with Crippen molar-refractivity contribution in [2.75, 3.05) is 0 Å². The molecule has 1 aromatic rings. The van der Waals surface area contributed by atoms with Crippen molar-refractivity contribution in [2.24, 2.45) is 0 Å². The predicted molar refractivity (Wildman–Crippen MR) is 95.3 cm³/mol. The van der Waals surface area contributed by atoms with Crippen molar-refractivity contribution < 1.29 is 14.5 Å². The third-order valence-corrected chi connectivity index (χ3v) is 4.78. The summed E-state index contributed by atoms with van der Waals surface area (Å²) in [4.78, 5) is 25.2. The molecule has 2 aliphatic heterocycles. The van der Waals surface area contributed by atoms with E-state index in [4.69, 9.17) is 4.74 Å². The summed E-state index contributed by atoms with van der Waals surface area (Å²) in [5.41, 5.74) is 2.23. The molecule has 6 heteroatoms. The number of hydrogen-bond donors (Lipinski definition) is 0. The molecule has 2 aliphatic rings. The molecule has 2 atom stereocenters. The Kier molecular flexibility index (Phi) is 4.31. The fourth-order valence-corrected chi connectivity index (χ4v) is 3.65. The minimum absolute atomic E-state index is 0.00367. The summed E-state index contributed by atoms with van der Waals surface area (Å²) in [6.45, 7) is 7.33. The minimum atomic E-state index is -0.516. The highest BCUT2D eigenvalue weighted by atomic mass is 16.6. The third-order valence-electron chi connectivity index (χ3n) is 4.78. The van der Waals surface area contributed by atoms with E-state index in [1.165, 1.54) is 0 Å². The average Bonchev–Trinajstić information content (AvgIpc) is 2.76. The normalized spacial score (nSPS) is 22.6. The molecule has 0 aromatic heterocycles. The number of nitro groups is 1. The largest absolute Gasteiger partial charge is 0.444 e. The van der Waals surface area contributed by atoms with Crippen molar-refractivity contribution in [3.63, 3.8) is 0 Å². The molecule has 25 heavy (non-hydrogen) atoms. The van der Waals surface area contributed by atoms with E-state index >= 15 is 0 Å². The summed E-state index contributed by atoms with van der Waals surface area (Å²) in [7, 11) is 0. The number of nitrogens with zero attached hydrogens (tertiary/aromatic N) is 2. The van der Waals surface area contributed by atoms with Crippen LogP contribution in [0.3, 0.4) is 0 Å². The van der Waals surface area contributed by atoms with Gasteiger partial charge in [0.25, 0.3) is 5.69 Å². The SMILES string of the molecule is Cc1ccc(C2=CC3CCC(C2)N3C(=O)OC(C)(C)C)cc1[N+](=O)[O-]. The van der Waals surface area contributed by atoms with Crippen LogP contribution in [0.25, 0.3) is 5.57 Å². The molecule has 1 saturated heterocycles. The van der Waals surface area contributed by atoms with E-state index in [-0.39, 0.29) is 28.8 Å². The fraction of sp³-hybridized carbons (Fsp3) is 0.526. The Labute approximate surface area is 147 Å². The minimum Gasteiger partial charge on any atom is -0.444 e. The van der Waals surface area contributed by atoms with E-state index in [2.05, 4.69) is 6.08 Å². The molecule has 6 nitrogen and oxygen atoms in total. The summed E-state index contributed by atoms with van der Waals surface area (Å²) >= 11 is 0. The van der Waals surface area contributed by atoms with Crippen molar-refractivity contribution in [3.05, 3.63) is 45.5 Å². The highest BCUT2D eigenvalue weighted by Crippen LogP contribution is 2.40. The van der Waals surface area contributed by atoms with Gasteiger partial charge >= 0.3 is 6.09 Å². The maximum atomic E-state index is 12.5. The molecule has 2 unspecified atom stereocenters. The molecule has 1 amide bonds. The van der Waals surface area contributed by atoms with Gasteiger partial charge in [0.15, 0.2) is 0 Å². The van der Waals surface area contributed by atoms with Gasteiger partial charge in [0, 0.05) is 17.7 Å². The van der Waals surface area contributed by atoms with Crippen molar-refractivity contribution in [2.45, 2.75) is 64.6 Å². The van der Waals surface area contributed by atoms with Gasteiger partial charge in [-0.1, -0.05) is 18.2 Å². The number of carbonyl (C=O) groups is 1. The zero-order valence-corrected chi connectivity index (χ0v) is 15.1. The Balaban J connectivity index is 1.86. The highest BCUT2D eigenvalue weighted by Gasteiger charge is 2.41. The van der Waals surface area contributed by atoms with Crippen LogP contribution in [-0.4, -0.2) is 33.6 Å². The van der Waals surface area contributed by atoms with Gasteiger partial charge in [0.05, 0.1) is 11.0 Å². The van der Waals surface area contributed by atoms with Crippen LogP contribution in [0.2, 0.25) is 0 Å². The topological polar surface area (TPSA) is 72.7 Å². The molecule has 1 fully saturated rings. The van der Waals surface area contributed by atoms with E-state index in [1.807, 2.05) is 31.7 Å². The molecule has 0 spiro atoms. The first-order valence-electron chi connectivity index (χ1n) is 8.63. The Morgan fingerprint density at radius 3 is 2.64 bits per heavy atom. The van der Waals surface area contributed by atoms with Crippen LogP contribution in [0.5, 0.6) is 0 Å². The van der Waals surface area contributed by atoms with Crippen LogP contribution >= 0.6 is 0 Å². The summed E-state index contributed by atoms with van der Waals surface area (Å²) < 4.78 is 5.53. The number of nitro benzene ring substituents is 1. The summed E-state index contributed by atoms with van der Waals surface area (Å²) in [5, 5.41) is 11.2. The summed E-state index contributed by atoms with van der Waals surface area (Å²) in [6, 6.07) is 5.46. The van der Waals surface area contributed by atoms with E-state index in [1.54, 1.807) is 19.1 Å². The van der Waals surface area contributed by atoms with Crippen molar-refractivity contribution >= 4 is 17.4 Å². The van der Waals surface area contributed by atoms with Crippen molar-refractivity contribution in [1.29, 1.82) is 0 Å². The maximum absolute atomic E-state index is 12.5. The molecule has 1 aromatic carbocycles. The lowest BCUT2D eigenvalue weighted by molar-refractivity contribution is -0.385. The lowest BCUT2D eigenvalue weighted by Gasteiger charge is -2.35. The second-order valence-corrected chi connectivity index (χ2v) is 7.84. The molecule has 0 saturated carbocycles. The molecule has 2 bridgehead atoms. The first kappa shape index (κ1) is 17.5. The predicted octanol–water partition coefficient (Wildman–Crippen LogP) is 4.46. The molecule has 0 N–H and O–H groups in total. The molecule has 0 aliphatic carbocycles. The monoisotopic (exact) mass is 344 g/mol. The van der Waals surface area contributed by atoms with E-state index in [0.29, 0.717) is 12.0 Å². The zero-order chi connectivity index (χ0) is 18.4. The lowest BCUT2D eigenvalue weighted by Crippen LogP contribution is -2.45. The molecule has 0 radical (unpaired) electrons. The van der Waals surface area contributed by atoms with Crippen LogP contribution in [0.1, 0.15) is 51.2 Å². The Morgan fingerprint density at radius 2 is 2.04 bits per heavy atom. The van der Waals surface area contributed by atoms with Crippen molar-refractivity contribution in [1.82, 2.24) is 4.90 Å². The average molecular weight is 344 g/mol. The maximum Gasteiger partial charge on any atom is 0.411 e. The quantitative estimate of drug-likeness (QED) is 0.586. The van der Waals surface area contributed by atoms with E-state index in [0.717, 1.165) is 24.0 Å². The first-order valence-corrected chi connectivity index (χ1v) is 8.63. The van der Waals surface area contributed by atoms with Crippen LogP contribution in [-0.2, 0) is 4.74 Å². The van der Waals surface area contributed by atoms with E-state index in [9.17, 15) is 14.9 Å². The number of carbonyl (C=O) groups excluding carboxylic acids is 1. The standard InChI is InChI=1S/C19H24N2O4/c1-12-5-6-13(11-17(12)21(23)24)14-9-15-7-8-16(10-14)20(15)18(22)25-19(2,3)4/h5-6,9,11,15-16H,7-8,10H2,1-4H3. The van der Waals surface area contributed by atoms with Crippen LogP contribution in [0, 0.1) is 17.0 Å². The zero-order valence-electron chi connectivity index (χ0n) is 15.1. The van der Waals surface area contributed by atoms with Crippen LogP contribution < -0.4 is 0 Å². The molecular weight excluding hydrogens is 320 g/mol. The summed E-state index contributed by atoms with van der Waals surface area (Å²) in [6.07, 6.45) is 4.34. The second-order valence-electron chi connectivity index (χ2n) is 7.84. The number of benzene rings is 1. The van der Waals surface area contributed by atoms with Gasteiger partial charge in [-0.25, -0.2) is 4.79 Å². The molecule has 3 rings (SSSR count). The number of ether oxygens (including phenoxy) is 1. The fourth-order valence-electron chi connectivity index (χ4n) is 3.65. The van der Waals surface area contributed by atoms with Gasteiger partial charge in [-0.15, -0.1) is 0 Å². The van der Waals surface area contributed by atoms with Gasteiger partial charge in [-0.2, -0.15) is 0 Å². The number of hydrogen-bond acceptors (Lipinski definition) is 4. The Hall–Kier alpha value is -2.37. The van der Waals surface area contributed by atoms with Gasteiger partial charge in [-0.3, -0.25) is 15.0 Å². The van der Waals surface area contributed by atoms with Gasteiger partial charge in [-0.05, 0) is 58.1 Å². The summed E-state index contributed by atoms with van der Waals surface area (Å²) in [5.74, 6) is 0. The third kappa shape index (κ3) is 3.52. The van der Waals surface area contributed by atoms with Crippen molar-refractivity contribution in [3.8, 4) is 0 Å². The molecular formula is C19H24N2O4. The number of rotatable bonds is 2. The highest BCUT2D eigenvalue weighted by molar-refractivity contribution is 5.76. The Morgan fingerprint density at radius 1 is 1.32 bits per heavy atom. The molecule has 2 heterocycles. The van der Waals surface area contributed by atoms with Gasteiger partial charge < -0.3 is 4.74 Å². The van der Waals surface area contributed by atoms with Gasteiger partial charge in [0.1, 0.15) is 5.60 Å². The number of aryl methyl sites for hydroxylation is 1. The number of amides is 1. The van der Waals surface area contributed by atoms with Gasteiger partial charge in [0.2, 0.25) is 0 Å². The van der Waals surface area contributed by atoms with E-state index < -0.39 is 5.60 Å². The lowest BCUT2D eigenvalue weighted by atomic mass is 9.94. The smallest absolute Gasteiger partial charge is 0.411 e. The second kappa shape index (κ2) is 6.17. The van der Waals surface area contributed by atoms with Crippen LogP contribution in [0.4, 0.5) is 10.5 Å². The van der Waals surface area contributed by atoms with Crippen LogP contribution in [0.15, 0.2) is 24.3 Å². The Bertz CT molecular complexity index is 748. The number of fused-ring (bicyclic) bond motifs is 2.